The Balaban J connectivity index is 3.20. The van der Waals surface area contributed by atoms with E-state index in [1.165, 1.54) is 4.90 Å². The molecule has 5 atom stereocenters. The number of nitrogens with two attached hydrogens (primary N) is 2. The highest BCUT2D eigenvalue weighted by atomic mass is 16.4. The van der Waals surface area contributed by atoms with Crippen LogP contribution in [-0.2, 0) is 38.4 Å². The first-order valence-corrected chi connectivity index (χ1v) is 15.9. The lowest BCUT2D eigenvalue weighted by atomic mass is 9.98. The highest BCUT2D eigenvalue weighted by Gasteiger charge is 2.39. The van der Waals surface area contributed by atoms with Crippen LogP contribution in [0.4, 0.5) is 0 Å². The summed E-state index contributed by atoms with van der Waals surface area (Å²) in [6.45, 7) is 9.68. The Kier molecular flexibility index (Phi) is 16.8. The third-order valence-corrected chi connectivity index (χ3v) is 7.58. The Labute approximate surface area is 275 Å². The zero-order valence-corrected chi connectivity index (χ0v) is 28.1. The Morgan fingerprint density at radius 2 is 1.36 bits per heavy atom. The lowest BCUT2D eigenvalue weighted by molar-refractivity contribution is -0.143. The molecule has 0 aliphatic carbocycles. The van der Waals surface area contributed by atoms with Gasteiger partial charge in [-0.3, -0.25) is 38.4 Å². The first-order chi connectivity index (χ1) is 21.9. The lowest BCUT2D eigenvalue weighted by Crippen LogP contribution is -2.60. The minimum Gasteiger partial charge on any atom is -0.480 e. The number of aliphatic carboxylic acids is 1. The third kappa shape index (κ3) is 13.5. The van der Waals surface area contributed by atoms with Gasteiger partial charge in [-0.2, -0.15) is 0 Å². The highest BCUT2D eigenvalue weighted by molar-refractivity contribution is 5.97. The number of nitrogens with one attached hydrogen (secondary N) is 5. The molecule has 0 bridgehead atoms. The third-order valence-electron chi connectivity index (χ3n) is 7.58. The second kappa shape index (κ2) is 19.4. The van der Waals surface area contributed by atoms with E-state index in [4.69, 9.17) is 16.6 Å². The zero-order valence-electron chi connectivity index (χ0n) is 28.1. The van der Waals surface area contributed by atoms with E-state index < -0.39 is 90.0 Å². The lowest BCUT2D eigenvalue weighted by Gasteiger charge is -2.31. The number of carbonyl (C=O) groups excluding carboxylic acids is 7. The molecule has 1 saturated heterocycles. The molecule has 17 heteroatoms. The average Bonchev–Trinajstić information content (AvgIpc) is 3.47. The number of carbonyl (C=O) groups is 8. The minimum absolute atomic E-state index is 0.0505. The van der Waals surface area contributed by atoms with Crippen molar-refractivity contribution in [3.63, 3.8) is 0 Å². The quantitative estimate of drug-likeness (QED) is 0.0729. The van der Waals surface area contributed by atoms with Crippen LogP contribution in [0.3, 0.4) is 0 Å². The summed E-state index contributed by atoms with van der Waals surface area (Å²) in [7, 11) is 0. The fourth-order valence-corrected chi connectivity index (χ4v) is 5.11. The van der Waals surface area contributed by atoms with E-state index in [-0.39, 0.29) is 50.6 Å². The van der Waals surface area contributed by atoms with E-state index in [0.29, 0.717) is 6.42 Å². The fraction of sp³-hybridized carbons (Fsp3) is 0.733. The minimum atomic E-state index is -1.29. The molecule has 0 radical (unpaired) electrons. The summed E-state index contributed by atoms with van der Waals surface area (Å²) in [6, 6.07) is -5.47. The Bertz CT molecular complexity index is 1160. The van der Waals surface area contributed by atoms with Crippen molar-refractivity contribution >= 4 is 47.3 Å². The van der Waals surface area contributed by atoms with Gasteiger partial charge in [-0.25, -0.2) is 0 Å². The molecule has 1 rings (SSSR count). The van der Waals surface area contributed by atoms with Crippen molar-refractivity contribution in [1.82, 2.24) is 31.5 Å². The number of rotatable bonds is 19. The van der Waals surface area contributed by atoms with Crippen molar-refractivity contribution in [2.45, 2.75) is 104 Å². The number of carboxylic acids is 1. The first kappa shape index (κ1) is 40.7. The molecular formula is C30H52N8O9. The zero-order chi connectivity index (χ0) is 36.0. The van der Waals surface area contributed by atoms with Crippen LogP contribution >= 0.6 is 0 Å². The van der Waals surface area contributed by atoms with Gasteiger partial charge in [-0.05, 0) is 43.4 Å². The SMILES string of the molecule is CC(C)C[C@H](NC(=O)[C@@H](NC(=O)CN)C(C)C)C(=O)N[C@H](C(=O)N[C@@H](CCC(N)=O)C(=O)N1CCC[C@H]1C(=O)NCC(=O)O)C(C)C. The van der Waals surface area contributed by atoms with E-state index in [9.17, 15) is 38.4 Å². The number of nitrogens with zero attached hydrogens (tertiary/aromatic N) is 1. The fourth-order valence-electron chi connectivity index (χ4n) is 5.11. The summed E-state index contributed by atoms with van der Waals surface area (Å²) in [6.07, 6.45) is 0.484. The molecule has 0 spiro atoms. The van der Waals surface area contributed by atoms with Crippen LogP contribution in [0.1, 0.15) is 73.6 Å². The second-order valence-electron chi connectivity index (χ2n) is 12.8. The normalized spacial score (nSPS) is 17.0. The number of carboxylic acid groups (broad SMARTS) is 1. The molecule has 7 amide bonds. The first-order valence-electron chi connectivity index (χ1n) is 15.9. The van der Waals surface area contributed by atoms with Gasteiger partial charge in [0, 0.05) is 13.0 Å². The predicted octanol–water partition coefficient (Wildman–Crippen LogP) is -2.30. The Hall–Kier alpha value is -4.28. The molecule has 10 N–H and O–H groups in total. The van der Waals surface area contributed by atoms with Gasteiger partial charge in [0.15, 0.2) is 0 Å². The van der Waals surface area contributed by atoms with Gasteiger partial charge >= 0.3 is 5.97 Å². The van der Waals surface area contributed by atoms with Crippen LogP contribution in [-0.4, -0.2) is 107 Å². The summed E-state index contributed by atoms with van der Waals surface area (Å²) in [5, 5.41) is 21.7. The number of likely N-dealkylation sites (tertiary alicyclic amines) is 1. The molecule has 17 nitrogen and oxygen atoms in total. The van der Waals surface area contributed by atoms with Gasteiger partial charge in [-0.1, -0.05) is 41.5 Å². The average molecular weight is 669 g/mol. The van der Waals surface area contributed by atoms with Gasteiger partial charge < -0.3 is 48.1 Å². The standard InChI is InChI=1S/C30H52N8O9/c1-15(2)12-19(35-28(45)24(16(3)4)36-22(40)13-31)26(43)37-25(17(5)6)29(46)34-18(9-10-21(32)39)30(47)38-11-7-8-20(38)27(44)33-14-23(41)42/h15-20,24-25H,7-14,31H2,1-6H3,(H2,32,39)(H,33,44)(H,34,46)(H,35,45)(H,36,40)(H,37,43)(H,41,42)/t18-,19-,20-,24-,25-/m0/s1. The van der Waals surface area contributed by atoms with Crippen molar-refractivity contribution in [1.29, 1.82) is 0 Å². The van der Waals surface area contributed by atoms with E-state index in [1.807, 2.05) is 13.8 Å². The van der Waals surface area contributed by atoms with Gasteiger partial charge in [0.05, 0.1) is 6.54 Å². The van der Waals surface area contributed by atoms with Crippen molar-refractivity contribution in [2.24, 2.45) is 29.2 Å². The number of hydrogen-bond donors (Lipinski definition) is 8. The molecule has 1 aliphatic heterocycles. The summed E-state index contributed by atoms with van der Waals surface area (Å²) >= 11 is 0. The number of amides is 7. The summed E-state index contributed by atoms with van der Waals surface area (Å²) in [4.78, 5) is 102. The molecule has 1 fully saturated rings. The molecule has 0 unspecified atom stereocenters. The smallest absolute Gasteiger partial charge is 0.322 e. The van der Waals surface area contributed by atoms with E-state index in [0.717, 1.165) is 0 Å². The predicted molar refractivity (Wildman–Crippen MR) is 170 cm³/mol. The largest absolute Gasteiger partial charge is 0.480 e. The molecule has 0 saturated carbocycles. The number of hydrogen-bond acceptors (Lipinski definition) is 9. The molecule has 1 aliphatic rings. The monoisotopic (exact) mass is 668 g/mol. The summed E-state index contributed by atoms with van der Waals surface area (Å²) < 4.78 is 0. The Morgan fingerprint density at radius 3 is 1.85 bits per heavy atom. The van der Waals surface area contributed by atoms with Crippen LogP contribution in [0.2, 0.25) is 0 Å². The maximum absolute atomic E-state index is 13.6. The molecule has 0 aromatic carbocycles. The molecule has 266 valence electrons. The molecule has 0 aromatic heterocycles. The van der Waals surface area contributed by atoms with Gasteiger partial charge in [0.1, 0.15) is 36.8 Å². The summed E-state index contributed by atoms with van der Waals surface area (Å²) in [5.74, 6) is -6.71. The van der Waals surface area contributed by atoms with Crippen molar-refractivity contribution < 1.29 is 43.5 Å². The van der Waals surface area contributed by atoms with Gasteiger partial charge in [0.2, 0.25) is 41.4 Å². The van der Waals surface area contributed by atoms with Crippen molar-refractivity contribution in [3.05, 3.63) is 0 Å². The van der Waals surface area contributed by atoms with Crippen LogP contribution in [0.5, 0.6) is 0 Å². The molecule has 0 aromatic rings. The maximum atomic E-state index is 13.6. The van der Waals surface area contributed by atoms with E-state index in [1.54, 1.807) is 27.7 Å². The highest BCUT2D eigenvalue weighted by Crippen LogP contribution is 2.20. The van der Waals surface area contributed by atoms with Crippen LogP contribution in [0.25, 0.3) is 0 Å². The molecule has 1 heterocycles. The van der Waals surface area contributed by atoms with Gasteiger partial charge in [-0.15, -0.1) is 0 Å². The van der Waals surface area contributed by atoms with Crippen LogP contribution < -0.4 is 38.1 Å². The van der Waals surface area contributed by atoms with Crippen LogP contribution in [0, 0.1) is 17.8 Å². The van der Waals surface area contributed by atoms with Gasteiger partial charge in [0.25, 0.3) is 0 Å². The maximum Gasteiger partial charge on any atom is 0.322 e. The molecular weight excluding hydrogens is 616 g/mol. The summed E-state index contributed by atoms with van der Waals surface area (Å²) in [5.41, 5.74) is 10.7. The van der Waals surface area contributed by atoms with E-state index >= 15 is 0 Å². The topological polar surface area (TPSA) is 272 Å². The number of primary amides is 1. The van der Waals surface area contributed by atoms with Crippen LogP contribution in [0.15, 0.2) is 0 Å². The van der Waals surface area contributed by atoms with Crippen molar-refractivity contribution in [2.75, 3.05) is 19.6 Å². The molecule has 47 heavy (non-hydrogen) atoms. The second-order valence-corrected chi connectivity index (χ2v) is 12.8. The van der Waals surface area contributed by atoms with E-state index in [2.05, 4.69) is 26.6 Å². The Morgan fingerprint density at radius 1 is 0.809 bits per heavy atom. The van der Waals surface area contributed by atoms with Crippen molar-refractivity contribution in [3.8, 4) is 0 Å².